The minimum absolute atomic E-state index is 0.938. The zero-order valence-electron chi connectivity index (χ0n) is 6.46. The first kappa shape index (κ1) is 7.06. The molecule has 0 N–H and O–H groups in total. The van der Waals surface area contributed by atoms with Crippen molar-refractivity contribution >= 4 is 0 Å². The Morgan fingerprint density at radius 1 is 1.80 bits per heavy atom. The molecule has 2 nitrogen and oxygen atoms in total. The molecule has 54 valence electrons. The minimum atomic E-state index is 0.938. The van der Waals surface area contributed by atoms with Gasteiger partial charge in [-0.1, -0.05) is 12.2 Å². The third-order valence-corrected chi connectivity index (χ3v) is 1.26. The molecule has 0 atom stereocenters. The summed E-state index contributed by atoms with van der Waals surface area (Å²) in [6.45, 7) is 5.84. The number of rotatable bonds is 2. The maximum absolute atomic E-state index is 4.05. The number of aryl methyl sites for hydroxylation is 1. The summed E-state index contributed by atoms with van der Waals surface area (Å²) in [7, 11) is 1.92. The molecule has 0 bridgehead atoms. The summed E-state index contributed by atoms with van der Waals surface area (Å²) in [6, 6.07) is 0. The number of allylic oxidation sites excluding steroid dienone is 1. The molecular formula is C8H12N2. The fourth-order valence-electron chi connectivity index (χ4n) is 0.912. The van der Waals surface area contributed by atoms with E-state index in [0.717, 1.165) is 6.42 Å². The highest BCUT2D eigenvalue weighted by Gasteiger charge is 1.94. The molecule has 0 aliphatic rings. The molecule has 0 aliphatic heterocycles. The molecule has 1 rings (SSSR count). The Hall–Kier alpha value is -1.05. The van der Waals surface area contributed by atoms with Gasteiger partial charge < -0.3 is 0 Å². The van der Waals surface area contributed by atoms with Gasteiger partial charge in [-0.25, -0.2) is 0 Å². The molecule has 0 unspecified atom stereocenters. The Balaban J connectivity index is 2.67. The Morgan fingerprint density at radius 3 is 2.90 bits per heavy atom. The maximum Gasteiger partial charge on any atom is 0.0524 e. The van der Waals surface area contributed by atoms with Gasteiger partial charge in [-0.3, -0.25) is 4.68 Å². The first-order chi connectivity index (χ1) is 4.68. The summed E-state index contributed by atoms with van der Waals surface area (Å²) >= 11 is 0. The molecule has 1 aromatic heterocycles. The number of aromatic nitrogens is 2. The van der Waals surface area contributed by atoms with E-state index >= 15 is 0 Å². The molecule has 0 radical (unpaired) electrons. The van der Waals surface area contributed by atoms with Crippen LogP contribution in [0.25, 0.3) is 0 Å². The van der Waals surface area contributed by atoms with Crippen molar-refractivity contribution in [3.63, 3.8) is 0 Å². The number of hydrogen-bond donors (Lipinski definition) is 0. The summed E-state index contributed by atoms with van der Waals surface area (Å²) in [5.74, 6) is 0. The van der Waals surface area contributed by atoms with E-state index in [1.54, 1.807) is 4.68 Å². The predicted molar refractivity (Wildman–Crippen MR) is 41.7 cm³/mol. The Labute approximate surface area is 61.2 Å². The second-order valence-corrected chi connectivity index (χ2v) is 2.66. The van der Waals surface area contributed by atoms with E-state index in [4.69, 9.17) is 0 Å². The topological polar surface area (TPSA) is 17.8 Å². The van der Waals surface area contributed by atoms with Gasteiger partial charge in [0.25, 0.3) is 0 Å². The van der Waals surface area contributed by atoms with E-state index in [-0.39, 0.29) is 0 Å². The molecule has 0 spiro atoms. The molecule has 0 saturated heterocycles. The lowest BCUT2D eigenvalue weighted by atomic mass is 10.1. The third-order valence-electron chi connectivity index (χ3n) is 1.26. The molecule has 0 aliphatic carbocycles. The lowest BCUT2D eigenvalue weighted by Crippen LogP contribution is -1.85. The lowest BCUT2D eigenvalue weighted by molar-refractivity contribution is 0.767. The summed E-state index contributed by atoms with van der Waals surface area (Å²) in [4.78, 5) is 0. The van der Waals surface area contributed by atoms with Gasteiger partial charge in [-0.2, -0.15) is 5.10 Å². The highest BCUT2D eigenvalue weighted by Crippen LogP contribution is 2.02. The quantitative estimate of drug-likeness (QED) is 0.564. The van der Waals surface area contributed by atoms with Crippen LogP contribution in [-0.4, -0.2) is 9.78 Å². The van der Waals surface area contributed by atoms with Gasteiger partial charge in [-0.05, 0) is 18.9 Å². The van der Waals surface area contributed by atoms with Gasteiger partial charge in [0.15, 0.2) is 0 Å². The molecule has 0 aromatic carbocycles. The Bertz CT molecular complexity index is 235. The zero-order chi connectivity index (χ0) is 7.56. The number of hydrogen-bond acceptors (Lipinski definition) is 1. The van der Waals surface area contributed by atoms with E-state index in [9.17, 15) is 0 Å². The van der Waals surface area contributed by atoms with Gasteiger partial charge >= 0.3 is 0 Å². The van der Waals surface area contributed by atoms with Gasteiger partial charge in [0, 0.05) is 13.2 Å². The van der Waals surface area contributed by atoms with Crippen LogP contribution in [0.1, 0.15) is 12.5 Å². The van der Waals surface area contributed by atoms with Crippen molar-refractivity contribution in [3.8, 4) is 0 Å². The van der Waals surface area contributed by atoms with Crippen molar-refractivity contribution < 1.29 is 0 Å². The van der Waals surface area contributed by atoms with E-state index in [1.165, 1.54) is 11.1 Å². The fourth-order valence-corrected chi connectivity index (χ4v) is 0.912. The van der Waals surface area contributed by atoms with Crippen molar-refractivity contribution in [1.82, 2.24) is 9.78 Å². The van der Waals surface area contributed by atoms with Crippen LogP contribution in [0.3, 0.4) is 0 Å². The predicted octanol–water partition coefficient (Wildman–Crippen LogP) is 1.54. The van der Waals surface area contributed by atoms with Crippen LogP contribution in [0.5, 0.6) is 0 Å². The average molecular weight is 136 g/mol. The summed E-state index contributed by atoms with van der Waals surface area (Å²) < 4.78 is 1.80. The third kappa shape index (κ3) is 1.72. The molecule has 1 aromatic rings. The van der Waals surface area contributed by atoms with Crippen LogP contribution in [0.4, 0.5) is 0 Å². The van der Waals surface area contributed by atoms with Gasteiger partial charge in [-0.15, -0.1) is 0 Å². The summed E-state index contributed by atoms with van der Waals surface area (Å²) in [5, 5.41) is 4.05. The molecule has 0 fully saturated rings. The van der Waals surface area contributed by atoms with Crippen LogP contribution in [-0.2, 0) is 13.5 Å². The molecule has 10 heavy (non-hydrogen) atoms. The molecule has 2 heteroatoms. The summed E-state index contributed by atoms with van der Waals surface area (Å²) in [5.41, 5.74) is 2.41. The van der Waals surface area contributed by atoms with Gasteiger partial charge in [0.1, 0.15) is 0 Å². The van der Waals surface area contributed by atoms with Gasteiger partial charge in [0.2, 0.25) is 0 Å². The second-order valence-electron chi connectivity index (χ2n) is 2.66. The molecule has 0 saturated carbocycles. The first-order valence-corrected chi connectivity index (χ1v) is 3.30. The molecule has 1 heterocycles. The van der Waals surface area contributed by atoms with Crippen molar-refractivity contribution in [2.24, 2.45) is 7.05 Å². The lowest BCUT2D eigenvalue weighted by Gasteiger charge is -1.91. The minimum Gasteiger partial charge on any atom is -0.276 e. The molecular weight excluding hydrogens is 124 g/mol. The summed E-state index contributed by atoms with van der Waals surface area (Å²) in [6.07, 6.45) is 4.82. The van der Waals surface area contributed by atoms with E-state index in [1.807, 2.05) is 26.4 Å². The van der Waals surface area contributed by atoms with E-state index in [2.05, 4.69) is 11.7 Å². The number of nitrogens with zero attached hydrogens (tertiary/aromatic N) is 2. The highest BCUT2D eigenvalue weighted by molar-refractivity contribution is 5.12. The average Bonchev–Trinajstić information content (AvgIpc) is 2.13. The SMILES string of the molecule is C=C(C)Cc1cnn(C)c1. The van der Waals surface area contributed by atoms with E-state index in [0.29, 0.717) is 0 Å². The standard InChI is InChI=1S/C8H12N2/c1-7(2)4-8-5-9-10(3)6-8/h5-6H,1,4H2,2-3H3. The van der Waals surface area contributed by atoms with Crippen LogP contribution < -0.4 is 0 Å². The smallest absolute Gasteiger partial charge is 0.0524 e. The second kappa shape index (κ2) is 2.69. The zero-order valence-corrected chi connectivity index (χ0v) is 6.46. The van der Waals surface area contributed by atoms with Crippen LogP contribution in [0.15, 0.2) is 24.5 Å². The van der Waals surface area contributed by atoms with E-state index < -0.39 is 0 Å². The maximum atomic E-state index is 4.05. The van der Waals surface area contributed by atoms with Crippen LogP contribution in [0.2, 0.25) is 0 Å². The largest absolute Gasteiger partial charge is 0.276 e. The Kier molecular flexibility index (Phi) is 1.90. The van der Waals surface area contributed by atoms with Crippen molar-refractivity contribution in [3.05, 3.63) is 30.1 Å². The van der Waals surface area contributed by atoms with Crippen LogP contribution >= 0.6 is 0 Å². The fraction of sp³-hybridized carbons (Fsp3) is 0.375. The van der Waals surface area contributed by atoms with Crippen LogP contribution in [0, 0.1) is 0 Å². The van der Waals surface area contributed by atoms with Gasteiger partial charge in [0.05, 0.1) is 6.20 Å². The normalized spacial score (nSPS) is 9.80. The molecule has 0 amide bonds. The van der Waals surface area contributed by atoms with Crippen molar-refractivity contribution in [2.75, 3.05) is 0 Å². The Morgan fingerprint density at radius 2 is 2.50 bits per heavy atom. The van der Waals surface area contributed by atoms with Crippen molar-refractivity contribution in [2.45, 2.75) is 13.3 Å². The highest BCUT2D eigenvalue weighted by atomic mass is 15.2. The van der Waals surface area contributed by atoms with Crippen molar-refractivity contribution in [1.29, 1.82) is 0 Å². The first-order valence-electron chi connectivity index (χ1n) is 3.30. The monoisotopic (exact) mass is 136 g/mol.